The minimum Gasteiger partial charge on any atom is -0.335 e. The molecule has 3 heteroatoms. The highest BCUT2D eigenvalue weighted by atomic mass is 16.2. The van der Waals surface area contributed by atoms with Crippen LogP contribution in [0.5, 0.6) is 0 Å². The fraction of sp³-hybridized carbons (Fsp3) is 0.650. The van der Waals surface area contributed by atoms with Gasteiger partial charge in [-0.2, -0.15) is 0 Å². The monoisotopic (exact) mass is 312 g/mol. The summed E-state index contributed by atoms with van der Waals surface area (Å²) >= 11 is 0. The third-order valence-electron chi connectivity index (χ3n) is 6.33. The van der Waals surface area contributed by atoms with Crippen molar-refractivity contribution < 1.29 is 4.79 Å². The number of rotatable bonds is 2. The highest BCUT2D eigenvalue weighted by molar-refractivity contribution is 5.74. The number of fused-ring (bicyclic) bond motifs is 1. The quantitative estimate of drug-likeness (QED) is 0.835. The average Bonchev–Trinajstić information content (AvgIpc) is 3.14. The van der Waals surface area contributed by atoms with Crippen molar-refractivity contribution in [3.8, 4) is 0 Å². The van der Waals surface area contributed by atoms with Gasteiger partial charge < -0.3 is 4.90 Å². The van der Waals surface area contributed by atoms with Gasteiger partial charge in [-0.05, 0) is 24.3 Å². The number of nitrogens with zero attached hydrogens (tertiary/aromatic N) is 2. The SMILES string of the molecule is CC(=O)N1C[C@H]2CN(C3CCCCC3)C[C@H]2[C@@H]1c1ccccc1. The summed E-state index contributed by atoms with van der Waals surface area (Å²) in [5, 5.41) is 0. The molecule has 1 saturated carbocycles. The van der Waals surface area contributed by atoms with Gasteiger partial charge in [0.15, 0.2) is 0 Å². The van der Waals surface area contributed by atoms with E-state index in [-0.39, 0.29) is 11.9 Å². The molecule has 3 fully saturated rings. The summed E-state index contributed by atoms with van der Waals surface area (Å²) in [7, 11) is 0. The molecule has 3 nitrogen and oxygen atoms in total. The van der Waals surface area contributed by atoms with E-state index in [4.69, 9.17) is 0 Å². The Bertz CT molecular complexity index is 552. The van der Waals surface area contributed by atoms with Gasteiger partial charge in [-0.3, -0.25) is 9.69 Å². The molecule has 0 bridgehead atoms. The van der Waals surface area contributed by atoms with Crippen molar-refractivity contribution >= 4 is 5.91 Å². The number of likely N-dealkylation sites (tertiary alicyclic amines) is 2. The van der Waals surface area contributed by atoms with Gasteiger partial charge in [0.1, 0.15) is 0 Å². The molecule has 0 spiro atoms. The molecular weight excluding hydrogens is 284 g/mol. The van der Waals surface area contributed by atoms with Gasteiger partial charge in [-0.15, -0.1) is 0 Å². The maximum absolute atomic E-state index is 12.2. The molecule has 2 saturated heterocycles. The minimum absolute atomic E-state index is 0.234. The molecule has 2 heterocycles. The van der Waals surface area contributed by atoms with E-state index in [0.717, 1.165) is 12.6 Å². The van der Waals surface area contributed by atoms with Gasteiger partial charge in [-0.1, -0.05) is 49.6 Å². The van der Waals surface area contributed by atoms with Gasteiger partial charge in [0.25, 0.3) is 0 Å². The Kier molecular flexibility index (Phi) is 4.14. The summed E-state index contributed by atoms with van der Waals surface area (Å²) in [5.41, 5.74) is 1.32. The van der Waals surface area contributed by atoms with E-state index in [9.17, 15) is 4.79 Å². The van der Waals surface area contributed by atoms with Gasteiger partial charge in [-0.25, -0.2) is 0 Å². The van der Waals surface area contributed by atoms with E-state index in [2.05, 4.69) is 40.1 Å². The lowest BCUT2D eigenvalue weighted by atomic mass is 9.89. The molecule has 1 aliphatic carbocycles. The maximum atomic E-state index is 12.2. The van der Waals surface area contributed by atoms with Crippen molar-refractivity contribution in [2.75, 3.05) is 19.6 Å². The molecule has 3 atom stereocenters. The summed E-state index contributed by atoms with van der Waals surface area (Å²) in [5.74, 6) is 1.51. The smallest absolute Gasteiger partial charge is 0.219 e. The van der Waals surface area contributed by atoms with Crippen molar-refractivity contribution in [2.24, 2.45) is 11.8 Å². The van der Waals surface area contributed by atoms with Crippen molar-refractivity contribution in [1.82, 2.24) is 9.80 Å². The van der Waals surface area contributed by atoms with Crippen LogP contribution in [0.15, 0.2) is 30.3 Å². The van der Waals surface area contributed by atoms with E-state index >= 15 is 0 Å². The van der Waals surface area contributed by atoms with Gasteiger partial charge in [0, 0.05) is 38.5 Å². The van der Waals surface area contributed by atoms with Crippen LogP contribution in [0.1, 0.15) is 50.6 Å². The highest BCUT2D eigenvalue weighted by Crippen LogP contribution is 2.46. The summed E-state index contributed by atoms with van der Waals surface area (Å²) in [4.78, 5) is 17.0. The zero-order chi connectivity index (χ0) is 15.8. The number of hydrogen-bond donors (Lipinski definition) is 0. The van der Waals surface area contributed by atoms with Crippen molar-refractivity contribution in [3.05, 3.63) is 35.9 Å². The number of carbonyl (C=O) groups excluding carboxylic acids is 1. The Hall–Kier alpha value is -1.35. The van der Waals surface area contributed by atoms with Crippen molar-refractivity contribution in [3.63, 3.8) is 0 Å². The molecule has 0 aromatic heterocycles. The first-order valence-electron chi connectivity index (χ1n) is 9.30. The zero-order valence-corrected chi connectivity index (χ0v) is 14.2. The molecular formula is C20H28N2O. The molecule has 0 N–H and O–H groups in total. The minimum atomic E-state index is 0.234. The Morgan fingerprint density at radius 1 is 1.00 bits per heavy atom. The molecule has 124 valence electrons. The van der Waals surface area contributed by atoms with E-state index in [0.29, 0.717) is 11.8 Å². The van der Waals surface area contributed by atoms with Gasteiger partial charge in [0.2, 0.25) is 5.91 Å². The molecule has 0 unspecified atom stereocenters. The third-order valence-corrected chi connectivity index (χ3v) is 6.33. The van der Waals surface area contributed by atoms with Gasteiger partial charge >= 0.3 is 0 Å². The van der Waals surface area contributed by atoms with E-state index in [1.165, 1.54) is 50.8 Å². The third kappa shape index (κ3) is 2.80. The van der Waals surface area contributed by atoms with E-state index in [1.54, 1.807) is 6.92 Å². The topological polar surface area (TPSA) is 23.6 Å². The first-order chi connectivity index (χ1) is 11.2. The van der Waals surface area contributed by atoms with E-state index in [1.807, 2.05) is 0 Å². The van der Waals surface area contributed by atoms with Crippen LogP contribution in [-0.2, 0) is 4.79 Å². The van der Waals surface area contributed by atoms with Crippen LogP contribution >= 0.6 is 0 Å². The fourth-order valence-electron chi connectivity index (χ4n) is 5.23. The molecule has 1 aromatic rings. The number of benzene rings is 1. The molecule has 4 rings (SSSR count). The molecule has 0 radical (unpaired) electrons. The number of hydrogen-bond acceptors (Lipinski definition) is 2. The predicted octanol–water partition coefficient (Wildman–Crippen LogP) is 3.47. The zero-order valence-electron chi connectivity index (χ0n) is 14.2. The van der Waals surface area contributed by atoms with Crippen molar-refractivity contribution in [1.29, 1.82) is 0 Å². The lowest BCUT2D eigenvalue weighted by Gasteiger charge is -2.34. The molecule has 1 amide bonds. The Morgan fingerprint density at radius 3 is 2.43 bits per heavy atom. The second kappa shape index (κ2) is 6.27. The van der Waals surface area contributed by atoms with Crippen molar-refractivity contribution in [2.45, 2.75) is 51.1 Å². The average molecular weight is 312 g/mol. The van der Waals surface area contributed by atoms with Crippen LogP contribution in [0.2, 0.25) is 0 Å². The van der Waals surface area contributed by atoms with E-state index < -0.39 is 0 Å². The first kappa shape index (κ1) is 15.2. The summed E-state index contributed by atoms with van der Waals surface area (Å²) in [6, 6.07) is 11.8. The number of amides is 1. The lowest BCUT2D eigenvalue weighted by Crippen LogP contribution is -2.39. The summed E-state index contributed by atoms with van der Waals surface area (Å²) in [6.45, 7) is 5.06. The Morgan fingerprint density at radius 2 is 1.74 bits per heavy atom. The van der Waals surface area contributed by atoms with Crippen LogP contribution in [0.3, 0.4) is 0 Å². The number of carbonyl (C=O) groups is 1. The second-order valence-electron chi connectivity index (χ2n) is 7.70. The predicted molar refractivity (Wildman–Crippen MR) is 92.0 cm³/mol. The van der Waals surface area contributed by atoms with Crippen LogP contribution < -0.4 is 0 Å². The van der Waals surface area contributed by atoms with Crippen LogP contribution in [-0.4, -0.2) is 41.4 Å². The maximum Gasteiger partial charge on any atom is 0.219 e. The van der Waals surface area contributed by atoms with Crippen LogP contribution in [0.4, 0.5) is 0 Å². The second-order valence-corrected chi connectivity index (χ2v) is 7.70. The molecule has 3 aliphatic rings. The van der Waals surface area contributed by atoms with Crippen LogP contribution in [0.25, 0.3) is 0 Å². The highest BCUT2D eigenvalue weighted by Gasteiger charge is 2.49. The normalized spacial score (nSPS) is 32.2. The lowest BCUT2D eigenvalue weighted by molar-refractivity contribution is -0.130. The summed E-state index contributed by atoms with van der Waals surface area (Å²) in [6.07, 6.45) is 6.98. The first-order valence-corrected chi connectivity index (χ1v) is 9.30. The van der Waals surface area contributed by atoms with Gasteiger partial charge in [0.05, 0.1) is 6.04 Å². The summed E-state index contributed by atoms with van der Waals surface area (Å²) < 4.78 is 0. The Labute approximate surface area is 139 Å². The molecule has 23 heavy (non-hydrogen) atoms. The standard InChI is InChI=1S/C20H28N2O/c1-15(23)22-13-17-12-21(18-10-6-3-7-11-18)14-19(17)20(22)16-8-4-2-5-9-16/h2,4-5,8-9,17-20H,3,6-7,10-14H2,1H3/t17-,19-,20+/m1/s1. The van der Waals surface area contributed by atoms with Crippen LogP contribution in [0, 0.1) is 11.8 Å². The Balaban J connectivity index is 1.55. The molecule has 2 aliphatic heterocycles. The largest absolute Gasteiger partial charge is 0.335 e. The molecule has 1 aromatic carbocycles. The fourth-order valence-corrected chi connectivity index (χ4v) is 5.23.